The maximum absolute atomic E-state index is 11.5. The Kier molecular flexibility index (Phi) is 4.88. The van der Waals surface area contributed by atoms with Gasteiger partial charge in [-0.05, 0) is 23.8 Å². The summed E-state index contributed by atoms with van der Waals surface area (Å²) in [5.74, 6) is -0.294. The molecule has 0 atom stereocenters. The van der Waals surface area contributed by atoms with Crippen LogP contribution in [0.2, 0.25) is 0 Å². The lowest BCUT2D eigenvalue weighted by Crippen LogP contribution is -2.14. The Hall–Kier alpha value is -3.42. The fourth-order valence-corrected chi connectivity index (χ4v) is 1.75. The first kappa shape index (κ1) is 16.0. The van der Waals surface area contributed by atoms with E-state index in [1.807, 2.05) is 0 Å². The van der Waals surface area contributed by atoms with E-state index in [-0.39, 0.29) is 5.82 Å². The fourth-order valence-electron chi connectivity index (χ4n) is 1.75. The number of nitro groups is 1. The molecule has 0 saturated heterocycles. The average molecular weight is 315 g/mol. The van der Waals surface area contributed by atoms with Crippen LogP contribution < -0.4 is 10.3 Å². The number of hydrogen-bond donors (Lipinski definition) is 2. The first-order chi connectivity index (χ1) is 11.0. The van der Waals surface area contributed by atoms with Gasteiger partial charge in [-0.15, -0.1) is 0 Å². The average Bonchev–Trinajstić information content (AvgIpc) is 2.50. The Morgan fingerprint density at radius 2 is 2.22 bits per heavy atom. The van der Waals surface area contributed by atoms with E-state index in [2.05, 4.69) is 16.5 Å². The lowest BCUT2D eigenvalue weighted by molar-refractivity contribution is -0.387. The number of nitrogens with one attached hydrogen (secondary N) is 1. The first-order valence-corrected chi connectivity index (χ1v) is 6.51. The quantitative estimate of drug-likeness (QED) is 0.479. The van der Waals surface area contributed by atoms with Gasteiger partial charge in [-0.3, -0.25) is 14.9 Å². The summed E-state index contributed by atoms with van der Waals surface area (Å²) in [5, 5.41) is 20.0. The summed E-state index contributed by atoms with van der Waals surface area (Å²) in [6.07, 6.45) is 4.65. The van der Waals surface area contributed by atoms with E-state index in [4.69, 9.17) is 4.74 Å². The molecule has 0 radical (unpaired) electrons. The molecule has 2 N–H and O–H groups in total. The molecule has 1 heterocycles. The molecule has 1 aromatic carbocycles. The highest BCUT2D eigenvalue weighted by atomic mass is 16.6. The Balaban J connectivity index is 2.25. The van der Waals surface area contributed by atoms with Crippen LogP contribution in [0.4, 0.5) is 5.69 Å². The SMILES string of the molecule is C=CCOc1cccc(/C=C\c2nc(O)c([N+](=O)[O-])c(=O)[nH]2)c1. The van der Waals surface area contributed by atoms with Gasteiger partial charge in [0.25, 0.3) is 5.88 Å². The Morgan fingerprint density at radius 1 is 1.43 bits per heavy atom. The predicted octanol–water partition coefficient (Wildman–Crippen LogP) is 2.12. The number of aromatic nitrogens is 2. The van der Waals surface area contributed by atoms with Crippen LogP contribution in [0.3, 0.4) is 0 Å². The Bertz CT molecular complexity index is 826. The van der Waals surface area contributed by atoms with Crippen molar-refractivity contribution in [1.82, 2.24) is 9.97 Å². The summed E-state index contributed by atoms with van der Waals surface area (Å²) in [6, 6.07) is 7.10. The number of ether oxygens (including phenoxy) is 1. The van der Waals surface area contributed by atoms with Gasteiger partial charge in [-0.1, -0.05) is 30.9 Å². The van der Waals surface area contributed by atoms with Crippen LogP contribution in [-0.4, -0.2) is 26.6 Å². The second-order valence-corrected chi connectivity index (χ2v) is 4.39. The van der Waals surface area contributed by atoms with Gasteiger partial charge >= 0.3 is 11.2 Å². The fraction of sp³-hybridized carbons (Fsp3) is 0.0667. The number of rotatable bonds is 6. The molecule has 1 aromatic heterocycles. The standard InChI is InChI=1S/C15H13N3O5/c1-2-8-23-11-5-3-4-10(9-11)6-7-12-16-14(19)13(18(21)22)15(20)17-12/h2-7,9H,1,8H2,(H2,16,17,19,20)/b7-6-. The van der Waals surface area contributed by atoms with Crippen molar-refractivity contribution in [3.8, 4) is 11.6 Å². The number of nitrogens with zero attached hydrogens (tertiary/aromatic N) is 2. The second kappa shape index (κ2) is 7.03. The summed E-state index contributed by atoms with van der Waals surface area (Å²) >= 11 is 0. The van der Waals surface area contributed by atoms with Crippen molar-refractivity contribution < 1.29 is 14.8 Å². The molecule has 0 spiro atoms. The number of aromatic amines is 1. The lowest BCUT2D eigenvalue weighted by Gasteiger charge is -2.03. The van der Waals surface area contributed by atoms with Crippen LogP contribution in [0, 0.1) is 10.1 Å². The molecule has 0 aliphatic carbocycles. The van der Waals surface area contributed by atoms with E-state index >= 15 is 0 Å². The van der Waals surface area contributed by atoms with Crippen molar-refractivity contribution >= 4 is 17.8 Å². The van der Waals surface area contributed by atoms with Gasteiger partial charge in [0.2, 0.25) is 0 Å². The number of aromatic hydroxyl groups is 1. The lowest BCUT2D eigenvalue weighted by atomic mass is 10.2. The smallest absolute Gasteiger partial charge is 0.395 e. The molecule has 0 bridgehead atoms. The zero-order valence-electron chi connectivity index (χ0n) is 11.9. The minimum absolute atomic E-state index is 0.00415. The highest BCUT2D eigenvalue weighted by Gasteiger charge is 2.21. The van der Waals surface area contributed by atoms with Crippen molar-refractivity contribution in [2.45, 2.75) is 0 Å². The topological polar surface area (TPSA) is 118 Å². The molecule has 2 aromatic rings. The Labute approximate surface area is 130 Å². The maximum atomic E-state index is 11.5. The molecule has 0 amide bonds. The molecular weight excluding hydrogens is 302 g/mol. The molecule has 118 valence electrons. The molecule has 0 unspecified atom stereocenters. The molecule has 2 rings (SSSR count). The minimum atomic E-state index is -1.02. The van der Waals surface area contributed by atoms with Crippen LogP contribution in [0.25, 0.3) is 12.2 Å². The van der Waals surface area contributed by atoms with E-state index in [0.29, 0.717) is 12.4 Å². The minimum Gasteiger partial charge on any atom is -0.490 e. The number of H-pyrrole nitrogens is 1. The van der Waals surface area contributed by atoms with Crippen molar-refractivity contribution in [2.75, 3.05) is 6.61 Å². The summed E-state index contributed by atoms with van der Waals surface area (Å²) in [5.41, 5.74) is -1.25. The highest BCUT2D eigenvalue weighted by Crippen LogP contribution is 2.18. The molecule has 0 aliphatic heterocycles. The van der Waals surface area contributed by atoms with Gasteiger partial charge in [-0.2, -0.15) is 4.98 Å². The molecule has 0 fully saturated rings. The molecule has 8 heteroatoms. The van der Waals surface area contributed by atoms with Crippen LogP contribution in [0.1, 0.15) is 11.4 Å². The molecule has 23 heavy (non-hydrogen) atoms. The van der Waals surface area contributed by atoms with Crippen molar-refractivity contribution in [3.63, 3.8) is 0 Å². The van der Waals surface area contributed by atoms with Crippen LogP contribution >= 0.6 is 0 Å². The van der Waals surface area contributed by atoms with Crippen LogP contribution in [0.15, 0.2) is 41.7 Å². The van der Waals surface area contributed by atoms with E-state index in [9.17, 15) is 20.0 Å². The van der Waals surface area contributed by atoms with Gasteiger partial charge in [0.15, 0.2) is 0 Å². The van der Waals surface area contributed by atoms with E-state index in [0.717, 1.165) is 5.56 Å². The zero-order chi connectivity index (χ0) is 16.8. The molecule has 0 saturated carbocycles. The van der Waals surface area contributed by atoms with Crippen molar-refractivity contribution in [3.05, 3.63) is 68.8 Å². The summed E-state index contributed by atoms with van der Waals surface area (Å²) in [6.45, 7) is 3.93. The molecular formula is C15H13N3O5. The van der Waals surface area contributed by atoms with Crippen molar-refractivity contribution in [2.24, 2.45) is 0 Å². The summed E-state index contributed by atoms with van der Waals surface area (Å²) < 4.78 is 5.39. The van der Waals surface area contributed by atoms with E-state index < -0.39 is 22.0 Å². The predicted molar refractivity (Wildman–Crippen MR) is 84.2 cm³/mol. The van der Waals surface area contributed by atoms with Gasteiger partial charge < -0.3 is 14.8 Å². The largest absolute Gasteiger partial charge is 0.490 e. The monoisotopic (exact) mass is 315 g/mol. The van der Waals surface area contributed by atoms with Gasteiger partial charge in [0.05, 0.1) is 4.92 Å². The third-order valence-electron chi connectivity index (χ3n) is 2.74. The van der Waals surface area contributed by atoms with E-state index in [1.165, 1.54) is 6.08 Å². The van der Waals surface area contributed by atoms with Gasteiger partial charge in [-0.25, -0.2) is 0 Å². The first-order valence-electron chi connectivity index (χ1n) is 6.51. The van der Waals surface area contributed by atoms with E-state index in [1.54, 1.807) is 36.4 Å². The second-order valence-electron chi connectivity index (χ2n) is 4.39. The van der Waals surface area contributed by atoms with Gasteiger partial charge in [0.1, 0.15) is 18.2 Å². The number of hydrogen-bond acceptors (Lipinski definition) is 6. The Morgan fingerprint density at radius 3 is 2.87 bits per heavy atom. The highest BCUT2D eigenvalue weighted by molar-refractivity contribution is 5.67. The third kappa shape index (κ3) is 4.03. The molecule has 0 aliphatic rings. The van der Waals surface area contributed by atoms with Gasteiger partial charge in [0, 0.05) is 0 Å². The third-order valence-corrected chi connectivity index (χ3v) is 2.74. The zero-order valence-corrected chi connectivity index (χ0v) is 11.9. The van der Waals surface area contributed by atoms with Crippen LogP contribution in [0.5, 0.6) is 11.6 Å². The number of benzene rings is 1. The normalized spacial score (nSPS) is 10.6. The summed E-state index contributed by atoms with van der Waals surface area (Å²) in [7, 11) is 0. The summed E-state index contributed by atoms with van der Waals surface area (Å²) in [4.78, 5) is 26.9. The van der Waals surface area contributed by atoms with Crippen LogP contribution in [-0.2, 0) is 0 Å². The van der Waals surface area contributed by atoms with Crippen molar-refractivity contribution in [1.29, 1.82) is 0 Å². The molecule has 8 nitrogen and oxygen atoms in total. The maximum Gasteiger partial charge on any atom is 0.395 e.